The van der Waals surface area contributed by atoms with Crippen LogP contribution in [0, 0.1) is 5.82 Å². The highest BCUT2D eigenvalue weighted by Gasteiger charge is 2.21. The van der Waals surface area contributed by atoms with Crippen LogP contribution in [-0.2, 0) is 12.3 Å². The third kappa shape index (κ3) is 4.56. The van der Waals surface area contributed by atoms with E-state index in [4.69, 9.17) is 0 Å². The minimum atomic E-state index is -0.275. The molecule has 3 aromatic rings. The maximum Gasteiger partial charge on any atom is 0.196 e. The maximum atomic E-state index is 13.4. The number of nitrogens with zero attached hydrogens (tertiary/aromatic N) is 8. The zero-order valence-electron chi connectivity index (χ0n) is 16.6. The number of aryl methyl sites for hydroxylation is 1. The molecular weight excluding hydrogens is 379 g/mol. The maximum absolute atomic E-state index is 13.4. The Labute approximate surface area is 168 Å². The van der Waals surface area contributed by atoms with E-state index in [2.05, 4.69) is 44.5 Å². The number of tetrazole rings is 1. The van der Waals surface area contributed by atoms with Crippen LogP contribution in [0.1, 0.15) is 44.4 Å². The van der Waals surface area contributed by atoms with E-state index >= 15 is 0 Å². The van der Waals surface area contributed by atoms with Crippen molar-refractivity contribution in [2.45, 2.75) is 50.2 Å². The first-order chi connectivity index (χ1) is 13.5. The van der Waals surface area contributed by atoms with Crippen molar-refractivity contribution in [3.8, 4) is 5.69 Å². The van der Waals surface area contributed by atoms with Gasteiger partial charge in [0.05, 0.1) is 11.8 Å². The molecule has 0 spiro atoms. The van der Waals surface area contributed by atoms with E-state index in [0.717, 1.165) is 41.9 Å². The van der Waals surface area contributed by atoms with Gasteiger partial charge in [0.15, 0.2) is 16.8 Å². The van der Waals surface area contributed by atoms with E-state index in [9.17, 15) is 4.39 Å². The molecule has 0 unspecified atom stereocenters. The third-order valence-electron chi connectivity index (χ3n) is 4.55. The molecule has 0 N–H and O–H groups in total. The monoisotopic (exact) mass is 404 g/mol. The molecule has 0 saturated carbocycles. The van der Waals surface area contributed by atoms with Gasteiger partial charge in [0, 0.05) is 12.2 Å². The van der Waals surface area contributed by atoms with Crippen LogP contribution in [0.3, 0.4) is 0 Å². The first-order valence-corrected chi connectivity index (χ1v) is 10.2. The molecule has 8 nitrogen and oxygen atoms in total. The van der Waals surface area contributed by atoms with E-state index in [0.29, 0.717) is 5.75 Å². The van der Waals surface area contributed by atoms with Gasteiger partial charge in [0.2, 0.25) is 0 Å². The average Bonchev–Trinajstić information content (AvgIpc) is 3.31. The zero-order chi connectivity index (χ0) is 20.1. The van der Waals surface area contributed by atoms with Gasteiger partial charge in [0.1, 0.15) is 5.82 Å². The summed E-state index contributed by atoms with van der Waals surface area (Å²) in [6, 6.07) is 6.40. The summed E-state index contributed by atoms with van der Waals surface area (Å²) in [6.07, 6.45) is 2.11. The Morgan fingerprint density at radius 1 is 1.14 bits per heavy atom. The molecule has 0 radical (unpaired) electrons. The molecule has 0 amide bonds. The fourth-order valence-electron chi connectivity index (χ4n) is 2.65. The normalized spacial score (nSPS) is 12.6. The SMILES string of the molecule is CCCCn1nnnc1CSc1nnc([C@H](C)N(C)C)n1-c1ccc(F)cc1. The number of benzene rings is 1. The van der Waals surface area contributed by atoms with E-state index in [1.165, 1.54) is 23.9 Å². The van der Waals surface area contributed by atoms with Crippen molar-refractivity contribution in [1.29, 1.82) is 0 Å². The smallest absolute Gasteiger partial charge is 0.196 e. The van der Waals surface area contributed by atoms with Crippen LogP contribution in [0.15, 0.2) is 29.4 Å². The number of unbranched alkanes of at least 4 members (excludes halogenated alkanes) is 1. The molecule has 0 bridgehead atoms. The Balaban J connectivity index is 1.89. The summed E-state index contributed by atoms with van der Waals surface area (Å²) < 4.78 is 17.2. The Morgan fingerprint density at radius 3 is 2.57 bits per heavy atom. The van der Waals surface area contributed by atoms with Crippen LogP contribution in [0.5, 0.6) is 0 Å². The largest absolute Gasteiger partial charge is 0.300 e. The first kappa shape index (κ1) is 20.4. The summed E-state index contributed by atoms with van der Waals surface area (Å²) in [5.74, 6) is 1.90. The molecule has 1 atom stereocenters. The van der Waals surface area contributed by atoms with Gasteiger partial charge in [-0.05, 0) is 62.1 Å². The minimum absolute atomic E-state index is 0.0433. The minimum Gasteiger partial charge on any atom is -0.300 e. The van der Waals surface area contributed by atoms with Crippen molar-refractivity contribution in [2.75, 3.05) is 14.1 Å². The van der Waals surface area contributed by atoms with Crippen LogP contribution in [0.4, 0.5) is 4.39 Å². The van der Waals surface area contributed by atoms with Gasteiger partial charge < -0.3 is 0 Å². The number of aromatic nitrogens is 7. The standard InChI is InChI=1S/C18H25FN8S/c1-5-6-11-26-16(20-23-24-26)12-28-18-22-21-17(13(2)25(3)4)27(18)15-9-7-14(19)8-10-15/h7-10,13H,5-6,11-12H2,1-4H3/t13-/m0/s1. The Morgan fingerprint density at radius 2 is 1.89 bits per heavy atom. The fraction of sp³-hybridized carbons (Fsp3) is 0.500. The highest BCUT2D eigenvalue weighted by atomic mass is 32.2. The summed E-state index contributed by atoms with van der Waals surface area (Å²) in [5.41, 5.74) is 0.822. The molecule has 0 fully saturated rings. The van der Waals surface area contributed by atoms with Crippen molar-refractivity contribution in [2.24, 2.45) is 0 Å². The molecule has 0 aliphatic rings. The van der Waals surface area contributed by atoms with Gasteiger partial charge in [-0.2, -0.15) is 0 Å². The molecule has 2 aromatic heterocycles. The molecule has 0 saturated heterocycles. The third-order valence-corrected chi connectivity index (χ3v) is 5.48. The average molecular weight is 405 g/mol. The summed E-state index contributed by atoms with van der Waals surface area (Å²) in [5, 5.41) is 21.5. The second kappa shape index (κ2) is 9.24. The van der Waals surface area contributed by atoms with Crippen LogP contribution in [-0.4, -0.2) is 54.0 Å². The summed E-state index contributed by atoms with van der Waals surface area (Å²) >= 11 is 1.52. The fourth-order valence-corrected chi connectivity index (χ4v) is 3.54. The lowest BCUT2D eigenvalue weighted by Crippen LogP contribution is -2.20. The molecule has 0 aliphatic carbocycles. The molecule has 150 valence electrons. The van der Waals surface area contributed by atoms with Gasteiger partial charge in [0.25, 0.3) is 0 Å². The van der Waals surface area contributed by atoms with Crippen LogP contribution in [0.25, 0.3) is 5.69 Å². The summed E-state index contributed by atoms with van der Waals surface area (Å²) in [6.45, 7) is 4.99. The highest BCUT2D eigenvalue weighted by molar-refractivity contribution is 7.98. The molecule has 2 heterocycles. The Kier molecular flexibility index (Phi) is 6.74. The molecule has 3 rings (SSSR count). The first-order valence-electron chi connectivity index (χ1n) is 9.26. The van der Waals surface area contributed by atoms with Crippen molar-refractivity contribution >= 4 is 11.8 Å². The number of thioether (sulfide) groups is 1. The van der Waals surface area contributed by atoms with E-state index in [1.54, 1.807) is 12.1 Å². The predicted molar refractivity (Wildman–Crippen MR) is 106 cm³/mol. The van der Waals surface area contributed by atoms with Crippen LogP contribution in [0.2, 0.25) is 0 Å². The lowest BCUT2D eigenvalue weighted by atomic mass is 10.2. The molecule has 10 heteroatoms. The molecule has 1 aromatic carbocycles. The van der Waals surface area contributed by atoms with Gasteiger partial charge in [-0.25, -0.2) is 9.07 Å². The van der Waals surface area contributed by atoms with Gasteiger partial charge in [-0.15, -0.1) is 15.3 Å². The highest BCUT2D eigenvalue weighted by Crippen LogP contribution is 2.28. The van der Waals surface area contributed by atoms with Crippen molar-refractivity contribution in [3.63, 3.8) is 0 Å². The van der Waals surface area contributed by atoms with E-state index in [1.807, 2.05) is 23.3 Å². The van der Waals surface area contributed by atoms with E-state index < -0.39 is 0 Å². The number of rotatable bonds is 9. The lowest BCUT2D eigenvalue weighted by molar-refractivity contribution is 0.305. The topological polar surface area (TPSA) is 77.5 Å². The Hall–Kier alpha value is -2.33. The van der Waals surface area contributed by atoms with Crippen molar-refractivity contribution < 1.29 is 4.39 Å². The second-order valence-corrected chi connectivity index (χ2v) is 7.70. The van der Waals surface area contributed by atoms with Crippen molar-refractivity contribution in [1.82, 2.24) is 39.9 Å². The van der Waals surface area contributed by atoms with E-state index in [-0.39, 0.29) is 11.9 Å². The summed E-state index contributed by atoms with van der Waals surface area (Å²) in [7, 11) is 3.98. The lowest BCUT2D eigenvalue weighted by Gasteiger charge is -2.20. The second-order valence-electron chi connectivity index (χ2n) is 6.75. The van der Waals surface area contributed by atoms with Gasteiger partial charge in [-0.3, -0.25) is 9.47 Å². The summed E-state index contributed by atoms with van der Waals surface area (Å²) in [4.78, 5) is 2.06. The van der Waals surface area contributed by atoms with Crippen molar-refractivity contribution in [3.05, 3.63) is 41.7 Å². The van der Waals surface area contributed by atoms with Gasteiger partial charge >= 0.3 is 0 Å². The molecular formula is C18H25FN8S. The molecule has 28 heavy (non-hydrogen) atoms. The van der Waals surface area contributed by atoms with Crippen LogP contribution < -0.4 is 0 Å². The molecule has 0 aliphatic heterocycles. The predicted octanol–water partition coefficient (Wildman–Crippen LogP) is 3.11. The number of hydrogen-bond donors (Lipinski definition) is 0. The quantitative estimate of drug-likeness (QED) is 0.507. The zero-order valence-corrected chi connectivity index (χ0v) is 17.4. The number of hydrogen-bond acceptors (Lipinski definition) is 7. The van der Waals surface area contributed by atoms with Gasteiger partial charge in [-0.1, -0.05) is 25.1 Å². The number of halogens is 1. The Bertz CT molecular complexity index is 889. The van der Waals surface area contributed by atoms with Crippen LogP contribution >= 0.6 is 11.8 Å².